The predicted molar refractivity (Wildman–Crippen MR) is 49.0 cm³/mol. The van der Waals surface area contributed by atoms with E-state index in [1.807, 2.05) is 18.0 Å². The molecule has 0 saturated heterocycles. The van der Waals surface area contributed by atoms with Crippen LogP contribution < -0.4 is 10.6 Å². The SMILES string of the molecule is CN(CCO)c1ccc(N)cn1. The van der Waals surface area contributed by atoms with E-state index in [4.69, 9.17) is 10.8 Å². The molecule has 4 nitrogen and oxygen atoms in total. The number of aliphatic hydroxyl groups excluding tert-OH is 1. The number of pyridine rings is 1. The maximum absolute atomic E-state index is 8.66. The number of nitrogens with two attached hydrogens (primary N) is 1. The highest BCUT2D eigenvalue weighted by atomic mass is 16.3. The van der Waals surface area contributed by atoms with Crippen LogP contribution in [0.3, 0.4) is 0 Å². The van der Waals surface area contributed by atoms with Crippen LogP contribution in [0.4, 0.5) is 11.5 Å². The number of nitrogens with zero attached hydrogens (tertiary/aromatic N) is 2. The standard InChI is InChI=1S/C8H13N3O/c1-11(4-5-12)8-3-2-7(9)6-10-8/h2-3,6,12H,4-5,9H2,1H3. The van der Waals surface area contributed by atoms with Crippen LogP contribution >= 0.6 is 0 Å². The van der Waals surface area contributed by atoms with E-state index in [2.05, 4.69) is 4.98 Å². The lowest BCUT2D eigenvalue weighted by atomic mass is 10.4. The first-order valence-corrected chi connectivity index (χ1v) is 3.77. The molecule has 12 heavy (non-hydrogen) atoms. The summed E-state index contributed by atoms with van der Waals surface area (Å²) in [4.78, 5) is 5.95. The normalized spacial score (nSPS) is 9.83. The molecule has 0 radical (unpaired) electrons. The molecule has 0 spiro atoms. The van der Waals surface area contributed by atoms with Gasteiger partial charge in [-0.3, -0.25) is 0 Å². The van der Waals surface area contributed by atoms with Gasteiger partial charge in [0.25, 0.3) is 0 Å². The number of aliphatic hydroxyl groups is 1. The van der Waals surface area contributed by atoms with E-state index in [0.29, 0.717) is 12.2 Å². The van der Waals surface area contributed by atoms with Crippen molar-refractivity contribution in [2.24, 2.45) is 0 Å². The lowest BCUT2D eigenvalue weighted by Gasteiger charge is -2.15. The van der Waals surface area contributed by atoms with Crippen LogP contribution in [0.5, 0.6) is 0 Å². The van der Waals surface area contributed by atoms with Gasteiger partial charge in [0.1, 0.15) is 5.82 Å². The van der Waals surface area contributed by atoms with E-state index in [0.717, 1.165) is 5.82 Å². The van der Waals surface area contributed by atoms with E-state index in [1.54, 1.807) is 12.3 Å². The van der Waals surface area contributed by atoms with E-state index in [9.17, 15) is 0 Å². The van der Waals surface area contributed by atoms with Crippen LogP contribution in [-0.2, 0) is 0 Å². The van der Waals surface area contributed by atoms with Gasteiger partial charge in [0.15, 0.2) is 0 Å². The summed E-state index contributed by atoms with van der Waals surface area (Å²) in [6.07, 6.45) is 1.60. The highest BCUT2D eigenvalue weighted by Crippen LogP contribution is 2.09. The van der Waals surface area contributed by atoms with Crippen LogP contribution in [0.1, 0.15) is 0 Å². The van der Waals surface area contributed by atoms with Crippen molar-refractivity contribution in [2.45, 2.75) is 0 Å². The molecule has 1 aromatic heterocycles. The second-order valence-corrected chi connectivity index (χ2v) is 2.59. The highest BCUT2D eigenvalue weighted by Gasteiger charge is 1.99. The summed E-state index contributed by atoms with van der Waals surface area (Å²) >= 11 is 0. The monoisotopic (exact) mass is 167 g/mol. The summed E-state index contributed by atoms with van der Waals surface area (Å²) in [6.45, 7) is 0.708. The summed E-state index contributed by atoms with van der Waals surface area (Å²) in [5.74, 6) is 0.818. The van der Waals surface area contributed by atoms with E-state index in [-0.39, 0.29) is 6.61 Å². The molecule has 0 bridgehead atoms. The topological polar surface area (TPSA) is 62.4 Å². The van der Waals surface area contributed by atoms with Crippen molar-refractivity contribution in [3.63, 3.8) is 0 Å². The summed E-state index contributed by atoms with van der Waals surface area (Å²) < 4.78 is 0. The van der Waals surface area contributed by atoms with Crippen LogP contribution in [-0.4, -0.2) is 30.3 Å². The van der Waals surface area contributed by atoms with Gasteiger partial charge in [0.05, 0.1) is 18.5 Å². The average Bonchev–Trinajstić information content (AvgIpc) is 2.06. The molecule has 66 valence electrons. The maximum Gasteiger partial charge on any atom is 0.128 e. The van der Waals surface area contributed by atoms with Crippen molar-refractivity contribution in [3.05, 3.63) is 18.3 Å². The molecule has 1 aromatic rings. The first-order valence-electron chi connectivity index (χ1n) is 3.77. The summed E-state index contributed by atoms with van der Waals surface area (Å²) in [5, 5.41) is 8.66. The molecule has 0 aliphatic rings. The molecule has 0 unspecified atom stereocenters. The molecule has 0 aliphatic carbocycles. The van der Waals surface area contributed by atoms with Gasteiger partial charge < -0.3 is 15.7 Å². The second kappa shape index (κ2) is 3.92. The summed E-state index contributed by atoms with van der Waals surface area (Å²) in [7, 11) is 1.87. The third kappa shape index (κ3) is 2.10. The van der Waals surface area contributed by atoms with Gasteiger partial charge in [0.2, 0.25) is 0 Å². The Morgan fingerprint density at radius 2 is 2.33 bits per heavy atom. The van der Waals surface area contributed by atoms with Crippen LogP contribution in [0.2, 0.25) is 0 Å². The van der Waals surface area contributed by atoms with E-state index in [1.165, 1.54) is 0 Å². The fourth-order valence-electron chi connectivity index (χ4n) is 0.888. The number of hydrogen-bond donors (Lipinski definition) is 2. The average molecular weight is 167 g/mol. The van der Waals surface area contributed by atoms with Gasteiger partial charge in [-0.05, 0) is 12.1 Å². The van der Waals surface area contributed by atoms with Gasteiger partial charge in [-0.25, -0.2) is 4.98 Å². The van der Waals surface area contributed by atoms with Crippen molar-refractivity contribution in [3.8, 4) is 0 Å². The Balaban J connectivity index is 2.68. The molecule has 1 rings (SSSR count). The molecular formula is C8H13N3O. The van der Waals surface area contributed by atoms with E-state index < -0.39 is 0 Å². The third-order valence-corrected chi connectivity index (χ3v) is 1.60. The van der Waals surface area contributed by atoms with Gasteiger partial charge in [-0.1, -0.05) is 0 Å². The minimum atomic E-state index is 0.128. The minimum Gasteiger partial charge on any atom is -0.397 e. The Labute approximate surface area is 71.6 Å². The highest BCUT2D eigenvalue weighted by molar-refractivity contribution is 5.45. The molecule has 4 heteroatoms. The first kappa shape index (κ1) is 8.80. The molecule has 0 fully saturated rings. The first-order chi connectivity index (χ1) is 5.74. The molecule has 0 amide bonds. The van der Waals surface area contributed by atoms with Crippen molar-refractivity contribution in [2.75, 3.05) is 30.8 Å². The number of rotatable bonds is 3. The fourth-order valence-corrected chi connectivity index (χ4v) is 0.888. The van der Waals surface area contributed by atoms with Crippen molar-refractivity contribution >= 4 is 11.5 Å². The molecule has 3 N–H and O–H groups in total. The van der Waals surface area contributed by atoms with Gasteiger partial charge in [-0.15, -0.1) is 0 Å². The number of anilines is 2. The Kier molecular flexibility index (Phi) is 2.88. The molecule has 0 aromatic carbocycles. The van der Waals surface area contributed by atoms with Crippen LogP contribution in [0.25, 0.3) is 0 Å². The quantitative estimate of drug-likeness (QED) is 0.670. The third-order valence-electron chi connectivity index (χ3n) is 1.60. The molecule has 0 aliphatic heterocycles. The number of hydrogen-bond acceptors (Lipinski definition) is 4. The largest absolute Gasteiger partial charge is 0.397 e. The Morgan fingerprint density at radius 1 is 1.58 bits per heavy atom. The van der Waals surface area contributed by atoms with Gasteiger partial charge >= 0.3 is 0 Å². The van der Waals surface area contributed by atoms with Crippen molar-refractivity contribution < 1.29 is 5.11 Å². The fraction of sp³-hybridized carbons (Fsp3) is 0.375. The van der Waals surface area contributed by atoms with Gasteiger partial charge in [0, 0.05) is 13.6 Å². The van der Waals surface area contributed by atoms with Crippen molar-refractivity contribution in [1.29, 1.82) is 0 Å². The number of likely N-dealkylation sites (N-methyl/N-ethyl adjacent to an activating group) is 1. The second-order valence-electron chi connectivity index (χ2n) is 2.59. The Bertz CT molecular complexity index is 235. The smallest absolute Gasteiger partial charge is 0.128 e. The molecule has 0 saturated carbocycles. The predicted octanol–water partition coefficient (Wildman–Crippen LogP) is 0.0923. The lowest BCUT2D eigenvalue weighted by molar-refractivity contribution is 0.304. The molecular weight excluding hydrogens is 154 g/mol. The summed E-state index contributed by atoms with van der Waals surface area (Å²) in [6, 6.07) is 3.61. The Morgan fingerprint density at radius 3 is 2.83 bits per heavy atom. The van der Waals surface area contributed by atoms with E-state index >= 15 is 0 Å². The van der Waals surface area contributed by atoms with Crippen molar-refractivity contribution in [1.82, 2.24) is 4.98 Å². The lowest BCUT2D eigenvalue weighted by Crippen LogP contribution is -2.21. The zero-order valence-electron chi connectivity index (χ0n) is 7.07. The number of aromatic nitrogens is 1. The zero-order valence-corrected chi connectivity index (χ0v) is 7.07. The van der Waals surface area contributed by atoms with Crippen LogP contribution in [0, 0.1) is 0 Å². The zero-order chi connectivity index (χ0) is 8.97. The maximum atomic E-state index is 8.66. The van der Waals surface area contributed by atoms with Gasteiger partial charge in [-0.2, -0.15) is 0 Å². The Hall–Kier alpha value is -1.29. The van der Waals surface area contributed by atoms with Crippen LogP contribution in [0.15, 0.2) is 18.3 Å². The number of nitrogen functional groups attached to an aromatic ring is 1. The minimum absolute atomic E-state index is 0.128. The summed E-state index contributed by atoms with van der Waals surface area (Å²) in [5.41, 5.74) is 6.12. The molecule has 0 atom stereocenters. The molecule has 1 heterocycles.